The summed E-state index contributed by atoms with van der Waals surface area (Å²) >= 11 is 3.30. The molecule has 1 aromatic carbocycles. The predicted octanol–water partition coefficient (Wildman–Crippen LogP) is 3.30. The van der Waals surface area contributed by atoms with Gasteiger partial charge in [-0.05, 0) is 37.3 Å². The Bertz CT molecular complexity index is 627. The number of rotatable bonds is 3. The van der Waals surface area contributed by atoms with Crippen molar-refractivity contribution in [1.29, 1.82) is 0 Å². The number of ketones is 1. The zero-order valence-electron chi connectivity index (χ0n) is 10.2. The van der Waals surface area contributed by atoms with Gasteiger partial charge in [-0.3, -0.25) is 14.6 Å². The number of aromatic nitrogens is 1. The topological polar surface area (TPSA) is 59.1 Å². The molecule has 1 heterocycles. The number of anilines is 1. The highest BCUT2D eigenvalue weighted by Crippen LogP contribution is 2.22. The van der Waals surface area contributed by atoms with E-state index in [1.54, 1.807) is 42.7 Å². The molecule has 0 aliphatic carbocycles. The number of Topliss-reactive ketones (excluding diaryl/α,β-unsaturated/α-hetero) is 1. The number of carbonyl (C=O) groups is 2. The van der Waals surface area contributed by atoms with E-state index in [0.717, 1.165) is 4.47 Å². The smallest absolute Gasteiger partial charge is 0.255 e. The molecule has 0 aliphatic heterocycles. The van der Waals surface area contributed by atoms with Gasteiger partial charge in [-0.1, -0.05) is 15.9 Å². The van der Waals surface area contributed by atoms with Gasteiger partial charge in [-0.25, -0.2) is 0 Å². The summed E-state index contributed by atoms with van der Waals surface area (Å²) in [6.07, 6.45) is 3.09. The zero-order valence-corrected chi connectivity index (χ0v) is 11.8. The SMILES string of the molecule is CC(=O)c1cc(Br)ccc1NC(=O)c1ccncc1. The molecule has 1 amide bonds. The van der Waals surface area contributed by atoms with Crippen molar-refractivity contribution in [3.63, 3.8) is 0 Å². The van der Waals surface area contributed by atoms with Crippen LogP contribution in [0.5, 0.6) is 0 Å². The van der Waals surface area contributed by atoms with Gasteiger partial charge >= 0.3 is 0 Å². The first-order valence-corrected chi connectivity index (χ1v) is 6.39. The molecule has 0 spiro atoms. The summed E-state index contributed by atoms with van der Waals surface area (Å²) in [5.41, 5.74) is 1.46. The van der Waals surface area contributed by atoms with Crippen molar-refractivity contribution in [3.05, 3.63) is 58.3 Å². The second-order valence-corrected chi connectivity index (χ2v) is 4.85. The lowest BCUT2D eigenvalue weighted by molar-refractivity contribution is 0.101. The minimum absolute atomic E-state index is 0.105. The largest absolute Gasteiger partial charge is 0.321 e. The third-order valence-electron chi connectivity index (χ3n) is 2.55. The summed E-state index contributed by atoms with van der Waals surface area (Å²) in [6.45, 7) is 1.46. The lowest BCUT2D eigenvalue weighted by Crippen LogP contribution is -2.14. The number of hydrogen-bond donors (Lipinski definition) is 1. The van der Waals surface area contributed by atoms with Crippen LogP contribution < -0.4 is 5.32 Å². The molecule has 2 aromatic rings. The highest BCUT2D eigenvalue weighted by molar-refractivity contribution is 9.10. The summed E-state index contributed by atoms with van der Waals surface area (Å²) in [5.74, 6) is -0.376. The second-order valence-electron chi connectivity index (χ2n) is 3.94. The first-order valence-electron chi connectivity index (χ1n) is 5.60. The number of carbonyl (C=O) groups excluding carboxylic acids is 2. The van der Waals surface area contributed by atoms with Crippen molar-refractivity contribution in [1.82, 2.24) is 4.98 Å². The van der Waals surface area contributed by atoms with Crippen LogP contribution in [0.4, 0.5) is 5.69 Å². The van der Waals surface area contributed by atoms with Crippen LogP contribution in [-0.4, -0.2) is 16.7 Å². The summed E-state index contributed by atoms with van der Waals surface area (Å²) in [7, 11) is 0. The van der Waals surface area contributed by atoms with Crippen LogP contribution in [0.3, 0.4) is 0 Å². The highest BCUT2D eigenvalue weighted by Gasteiger charge is 2.12. The monoisotopic (exact) mass is 318 g/mol. The molecule has 96 valence electrons. The standard InChI is InChI=1S/C14H11BrN2O2/c1-9(18)12-8-11(15)2-3-13(12)17-14(19)10-4-6-16-7-5-10/h2-8H,1H3,(H,17,19). The van der Waals surface area contributed by atoms with Crippen molar-refractivity contribution in [3.8, 4) is 0 Å². The van der Waals surface area contributed by atoms with E-state index in [0.29, 0.717) is 16.8 Å². The molecule has 0 unspecified atom stereocenters. The van der Waals surface area contributed by atoms with Gasteiger partial charge in [-0.15, -0.1) is 0 Å². The molecule has 0 aliphatic rings. The zero-order chi connectivity index (χ0) is 13.8. The van der Waals surface area contributed by atoms with E-state index in [-0.39, 0.29) is 11.7 Å². The predicted molar refractivity (Wildman–Crippen MR) is 76.3 cm³/mol. The highest BCUT2D eigenvalue weighted by atomic mass is 79.9. The van der Waals surface area contributed by atoms with E-state index in [2.05, 4.69) is 26.2 Å². The van der Waals surface area contributed by atoms with E-state index < -0.39 is 0 Å². The van der Waals surface area contributed by atoms with Crippen LogP contribution in [-0.2, 0) is 0 Å². The molecular formula is C14H11BrN2O2. The Balaban J connectivity index is 2.29. The Labute approximate surface area is 119 Å². The normalized spacial score (nSPS) is 10.0. The third kappa shape index (κ3) is 3.26. The van der Waals surface area contributed by atoms with Gasteiger partial charge in [0, 0.05) is 28.0 Å². The molecule has 0 radical (unpaired) electrons. The number of benzene rings is 1. The van der Waals surface area contributed by atoms with Gasteiger partial charge < -0.3 is 5.32 Å². The van der Waals surface area contributed by atoms with Crippen molar-refractivity contribution in [2.75, 3.05) is 5.32 Å². The maximum Gasteiger partial charge on any atom is 0.255 e. The number of nitrogens with zero attached hydrogens (tertiary/aromatic N) is 1. The molecule has 0 fully saturated rings. The van der Waals surface area contributed by atoms with E-state index in [1.165, 1.54) is 6.92 Å². The maximum atomic E-state index is 12.0. The van der Waals surface area contributed by atoms with Crippen LogP contribution >= 0.6 is 15.9 Å². The molecule has 0 atom stereocenters. The fraction of sp³-hybridized carbons (Fsp3) is 0.0714. The fourth-order valence-electron chi connectivity index (χ4n) is 1.61. The molecule has 1 aromatic heterocycles. The average molecular weight is 319 g/mol. The minimum atomic E-state index is -0.271. The van der Waals surface area contributed by atoms with Gasteiger partial charge in [0.1, 0.15) is 0 Å². The number of pyridine rings is 1. The Morgan fingerprint density at radius 3 is 2.47 bits per heavy atom. The van der Waals surface area contributed by atoms with Gasteiger partial charge in [-0.2, -0.15) is 0 Å². The molecule has 5 heteroatoms. The van der Waals surface area contributed by atoms with Gasteiger partial charge in [0.15, 0.2) is 5.78 Å². The van der Waals surface area contributed by atoms with Crippen molar-refractivity contribution < 1.29 is 9.59 Å². The van der Waals surface area contributed by atoms with Crippen LogP contribution in [0, 0.1) is 0 Å². The Hall–Kier alpha value is -2.01. The summed E-state index contributed by atoms with van der Waals surface area (Å²) in [4.78, 5) is 27.4. The Morgan fingerprint density at radius 2 is 1.84 bits per heavy atom. The van der Waals surface area contributed by atoms with Crippen LogP contribution in [0.1, 0.15) is 27.6 Å². The molecule has 1 N–H and O–H groups in total. The van der Waals surface area contributed by atoms with Crippen LogP contribution in [0.2, 0.25) is 0 Å². The fourth-order valence-corrected chi connectivity index (χ4v) is 1.98. The van der Waals surface area contributed by atoms with Crippen molar-refractivity contribution in [2.24, 2.45) is 0 Å². The minimum Gasteiger partial charge on any atom is -0.321 e. The maximum absolute atomic E-state index is 12.0. The van der Waals surface area contributed by atoms with Crippen LogP contribution in [0.25, 0.3) is 0 Å². The van der Waals surface area contributed by atoms with Gasteiger partial charge in [0.2, 0.25) is 0 Å². The molecule has 0 bridgehead atoms. The Morgan fingerprint density at radius 1 is 1.16 bits per heavy atom. The van der Waals surface area contributed by atoms with Crippen molar-refractivity contribution in [2.45, 2.75) is 6.92 Å². The molecule has 0 saturated heterocycles. The summed E-state index contributed by atoms with van der Waals surface area (Å²) < 4.78 is 0.791. The third-order valence-corrected chi connectivity index (χ3v) is 3.04. The second kappa shape index (κ2) is 5.75. The van der Waals surface area contributed by atoms with Crippen molar-refractivity contribution >= 4 is 33.3 Å². The molecular weight excluding hydrogens is 308 g/mol. The van der Waals surface area contributed by atoms with Gasteiger partial charge in [0.25, 0.3) is 5.91 Å². The van der Waals surface area contributed by atoms with E-state index in [9.17, 15) is 9.59 Å². The lowest BCUT2D eigenvalue weighted by Gasteiger charge is -2.09. The quantitative estimate of drug-likeness (QED) is 0.883. The molecule has 4 nitrogen and oxygen atoms in total. The lowest BCUT2D eigenvalue weighted by atomic mass is 10.1. The number of hydrogen-bond acceptors (Lipinski definition) is 3. The first kappa shape index (κ1) is 13.4. The summed E-state index contributed by atoms with van der Waals surface area (Å²) in [5, 5.41) is 2.73. The molecule has 19 heavy (non-hydrogen) atoms. The number of amides is 1. The van der Waals surface area contributed by atoms with Gasteiger partial charge in [0.05, 0.1) is 5.69 Å². The average Bonchev–Trinajstić information content (AvgIpc) is 2.41. The summed E-state index contributed by atoms with van der Waals surface area (Å²) in [6, 6.07) is 8.38. The molecule has 0 saturated carbocycles. The van der Waals surface area contributed by atoms with E-state index >= 15 is 0 Å². The van der Waals surface area contributed by atoms with E-state index in [4.69, 9.17) is 0 Å². The van der Waals surface area contributed by atoms with Crippen LogP contribution in [0.15, 0.2) is 47.2 Å². The first-order chi connectivity index (χ1) is 9.08. The number of nitrogens with one attached hydrogen (secondary N) is 1. The van der Waals surface area contributed by atoms with E-state index in [1.807, 2.05) is 0 Å². The number of halogens is 1. The Kier molecular flexibility index (Phi) is 4.06. The molecule has 2 rings (SSSR count).